The third-order valence-corrected chi connectivity index (χ3v) is 4.23. The summed E-state index contributed by atoms with van der Waals surface area (Å²) in [6.07, 6.45) is 2.27. The van der Waals surface area contributed by atoms with E-state index in [-0.39, 0.29) is 24.7 Å². The van der Waals surface area contributed by atoms with Gasteiger partial charge in [0.1, 0.15) is 5.82 Å². The smallest absolute Gasteiger partial charge is 0.220 e. The first-order chi connectivity index (χ1) is 12.5. The molecule has 0 fully saturated rings. The SMILES string of the molecule is Cc1ccc(CNC(=O)CCc2ncc(-c3ccc(Cl)cc3)o2)cc1F. The van der Waals surface area contributed by atoms with Crippen molar-refractivity contribution in [2.24, 2.45) is 0 Å². The van der Waals surface area contributed by atoms with Gasteiger partial charge in [-0.15, -0.1) is 0 Å². The number of hydrogen-bond acceptors (Lipinski definition) is 3. The van der Waals surface area contributed by atoms with Crippen LogP contribution in [0.15, 0.2) is 53.1 Å². The number of rotatable bonds is 6. The molecule has 0 bridgehead atoms. The standard InChI is InChI=1S/C20H18ClFN2O2/c1-13-2-3-14(10-17(13)22)11-23-19(25)8-9-20-24-12-18(26-20)15-4-6-16(21)7-5-15/h2-7,10,12H,8-9,11H2,1H3,(H,23,25). The maximum Gasteiger partial charge on any atom is 0.220 e. The fourth-order valence-electron chi connectivity index (χ4n) is 2.43. The number of nitrogens with one attached hydrogen (secondary N) is 1. The normalized spacial score (nSPS) is 10.7. The van der Waals surface area contributed by atoms with Crippen LogP contribution in [0.3, 0.4) is 0 Å². The van der Waals surface area contributed by atoms with Gasteiger partial charge in [-0.1, -0.05) is 23.7 Å². The molecule has 2 aromatic carbocycles. The fraction of sp³-hybridized carbons (Fsp3) is 0.200. The van der Waals surface area contributed by atoms with Gasteiger partial charge in [-0.25, -0.2) is 9.37 Å². The molecule has 0 saturated heterocycles. The van der Waals surface area contributed by atoms with Gasteiger partial charge >= 0.3 is 0 Å². The van der Waals surface area contributed by atoms with E-state index in [9.17, 15) is 9.18 Å². The Morgan fingerprint density at radius 3 is 2.73 bits per heavy atom. The summed E-state index contributed by atoms with van der Waals surface area (Å²) < 4.78 is 19.2. The van der Waals surface area contributed by atoms with E-state index in [4.69, 9.17) is 16.0 Å². The Morgan fingerprint density at radius 1 is 1.23 bits per heavy atom. The maximum absolute atomic E-state index is 13.5. The third-order valence-electron chi connectivity index (χ3n) is 3.97. The lowest BCUT2D eigenvalue weighted by Gasteiger charge is -2.06. The lowest BCUT2D eigenvalue weighted by Crippen LogP contribution is -2.23. The minimum absolute atomic E-state index is 0.141. The van der Waals surface area contributed by atoms with Crippen molar-refractivity contribution in [2.45, 2.75) is 26.3 Å². The number of amides is 1. The van der Waals surface area contributed by atoms with Crippen molar-refractivity contribution >= 4 is 17.5 Å². The van der Waals surface area contributed by atoms with Crippen molar-refractivity contribution in [3.63, 3.8) is 0 Å². The highest BCUT2D eigenvalue weighted by atomic mass is 35.5. The Bertz CT molecular complexity index is 906. The van der Waals surface area contributed by atoms with Gasteiger partial charge < -0.3 is 9.73 Å². The summed E-state index contributed by atoms with van der Waals surface area (Å²) in [7, 11) is 0. The summed E-state index contributed by atoms with van der Waals surface area (Å²) in [5.74, 6) is 0.710. The summed E-state index contributed by atoms with van der Waals surface area (Å²) in [5, 5.41) is 3.42. The Balaban J connectivity index is 1.50. The topological polar surface area (TPSA) is 55.1 Å². The molecule has 4 nitrogen and oxygen atoms in total. The van der Waals surface area contributed by atoms with Gasteiger partial charge in [0.15, 0.2) is 11.7 Å². The molecule has 26 heavy (non-hydrogen) atoms. The van der Waals surface area contributed by atoms with Gasteiger partial charge in [-0.3, -0.25) is 4.79 Å². The van der Waals surface area contributed by atoms with Crippen molar-refractivity contribution in [3.8, 4) is 11.3 Å². The highest BCUT2D eigenvalue weighted by molar-refractivity contribution is 6.30. The number of halogens is 2. The lowest BCUT2D eigenvalue weighted by atomic mass is 10.1. The Morgan fingerprint density at radius 2 is 2.00 bits per heavy atom. The molecule has 3 rings (SSSR count). The first kappa shape index (κ1) is 18.1. The van der Waals surface area contributed by atoms with Crippen LogP contribution in [0.2, 0.25) is 5.02 Å². The molecule has 1 N–H and O–H groups in total. The van der Waals surface area contributed by atoms with Gasteiger partial charge in [-0.05, 0) is 48.4 Å². The summed E-state index contributed by atoms with van der Waals surface area (Å²) in [6.45, 7) is 1.99. The Hall–Kier alpha value is -2.66. The molecule has 0 atom stereocenters. The summed E-state index contributed by atoms with van der Waals surface area (Å²) in [6, 6.07) is 12.2. The minimum atomic E-state index is -0.272. The molecule has 0 saturated carbocycles. The third kappa shape index (κ3) is 4.70. The first-order valence-corrected chi connectivity index (χ1v) is 8.61. The molecule has 0 radical (unpaired) electrons. The number of carbonyl (C=O) groups is 1. The predicted octanol–water partition coefficient (Wildman–Crippen LogP) is 4.69. The number of benzene rings is 2. The van der Waals surface area contributed by atoms with Crippen LogP contribution < -0.4 is 5.32 Å². The van der Waals surface area contributed by atoms with Crippen molar-refractivity contribution in [2.75, 3.05) is 0 Å². The highest BCUT2D eigenvalue weighted by Gasteiger charge is 2.09. The molecule has 6 heteroatoms. The van der Waals surface area contributed by atoms with Crippen molar-refractivity contribution in [3.05, 3.63) is 76.5 Å². The molecule has 0 spiro atoms. The summed E-state index contributed by atoms with van der Waals surface area (Å²) in [4.78, 5) is 16.2. The van der Waals surface area contributed by atoms with Crippen LogP contribution in [0.25, 0.3) is 11.3 Å². The molecule has 0 unspecified atom stereocenters. The van der Waals surface area contributed by atoms with Gasteiger partial charge in [0.2, 0.25) is 5.91 Å². The van der Waals surface area contributed by atoms with E-state index in [2.05, 4.69) is 10.3 Å². The molecule has 0 aliphatic heterocycles. The zero-order chi connectivity index (χ0) is 18.5. The van der Waals surface area contributed by atoms with Crippen molar-refractivity contribution in [1.82, 2.24) is 10.3 Å². The van der Waals surface area contributed by atoms with Crippen molar-refractivity contribution in [1.29, 1.82) is 0 Å². The molecular formula is C20H18ClFN2O2. The molecule has 3 aromatic rings. The quantitative estimate of drug-likeness (QED) is 0.682. The van der Waals surface area contributed by atoms with Crippen LogP contribution in [0, 0.1) is 12.7 Å². The summed E-state index contributed by atoms with van der Waals surface area (Å²) >= 11 is 5.87. The molecule has 1 amide bonds. The second-order valence-electron chi connectivity index (χ2n) is 5.99. The largest absolute Gasteiger partial charge is 0.441 e. The number of nitrogens with zero attached hydrogens (tertiary/aromatic N) is 1. The van der Waals surface area contributed by atoms with Crippen LogP contribution >= 0.6 is 11.6 Å². The van der Waals surface area contributed by atoms with Gasteiger partial charge in [-0.2, -0.15) is 0 Å². The number of aromatic nitrogens is 1. The monoisotopic (exact) mass is 372 g/mol. The van der Waals surface area contributed by atoms with Crippen LogP contribution in [-0.2, 0) is 17.8 Å². The number of aryl methyl sites for hydroxylation is 2. The molecule has 0 aliphatic rings. The molecular weight excluding hydrogens is 355 g/mol. The van der Waals surface area contributed by atoms with Crippen LogP contribution in [0.4, 0.5) is 4.39 Å². The van der Waals surface area contributed by atoms with Crippen LogP contribution in [0.1, 0.15) is 23.4 Å². The number of hydrogen-bond donors (Lipinski definition) is 1. The maximum atomic E-state index is 13.5. The van der Waals surface area contributed by atoms with E-state index in [0.29, 0.717) is 28.7 Å². The molecule has 1 aromatic heterocycles. The predicted molar refractivity (Wildman–Crippen MR) is 98.3 cm³/mol. The van der Waals surface area contributed by atoms with E-state index in [0.717, 1.165) is 11.1 Å². The molecule has 0 aliphatic carbocycles. The average molecular weight is 373 g/mol. The zero-order valence-corrected chi connectivity index (χ0v) is 15.0. The molecule has 1 heterocycles. The van der Waals surface area contributed by atoms with Gasteiger partial charge in [0, 0.05) is 30.0 Å². The Labute approximate surface area is 156 Å². The minimum Gasteiger partial charge on any atom is -0.441 e. The van der Waals surface area contributed by atoms with Crippen molar-refractivity contribution < 1.29 is 13.6 Å². The zero-order valence-electron chi connectivity index (χ0n) is 14.3. The van der Waals surface area contributed by atoms with Gasteiger partial charge in [0.05, 0.1) is 6.20 Å². The van der Waals surface area contributed by atoms with E-state index < -0.39 is 0 Å². The van der Waals surface area contributed by atoms with Gasteiger partial charge in [0.25, 0.3) is 0 Å². The average Bonchev–Trinajstić information content (AvgIpc) is 3.10. The fourth-order valence-corrected chi connectivity index (χ4v) is 2.56. The second kappa shape index (κ2) is 8.15. The van der Waals surface area contributed by atoms with Crippen LogP contribution in [-0.4, -0.2) is 10.9 Å². The van der Waals surface area contributed by atoms with E-state index in [1.54, 1.807) is 37.4 Å². The number of carbonyl (C=O) groups excluding carboxylic acids is 1. The highest BCUT2D eigenvalue weighted by Crippen LogP contribution is 2.22. The van der Waals surface area contributed by atoms with Crippen LogP contribution in [0.5, 0.6) is 0 Å². The van der Waals surface area contributed by atoms with E-state index in [1.165, 1.54) is 6.07 Å². The lowest BCUT2D eigenvalue weighted by molar-refractivity contribution is -0.121. The van der Waals surface area contributed by atoms with E-state index >= 15 is 0 Å². The molecule has 134 valence electrons. The number of oxazole rings is 1. The Kier molecular flexibility index (Phi) is 5.68. The summed E-state index contributed by atoms with van der Waals surface area (Å²) in [5.41, 5.74) is 2.18. The second-order valence-corrected chi connectivity index (χ2v) is 6.42. The van der Waals surface area contributed by atoms with E-state index in [1.807, 2.05) is 12.1 Å². The first-order valence-electron chi connectivity index (χ1n) is 8.23.